The molecule has 0 saturated carbocycles. The van der Waals surface area contributed by atoms with Gasteiger partial charge in [0, 0.05) is 30.8 Å². The first-order valence-corrected chi connectivity index (χ1v) is 9.92. The molecule has 1 aromatic carbocycles. The van der Waals surface area contributed by atoms with Gasteiger partial charge in [-0.1, -0.05) is 12.1 Å². The van der Waals surface area contributed by atoms with Gasteiger partial charge in [-0.3, -0.25) is 4.79 Å². The number of halogens is 3. The molecule has 2 heterocycles. The van der Waals surface area contributed by atoms with E-state index in [-0.39, 0.29) is 17.9 Å². The van der Waals surface area contributed by atoms with Crippen LogP contribution >= 0.6 is 0 Å². The second-order valence-corrected chi connectivity index (χ2v) is 7.40. The van der Waals surface area contributed by atoms with E-state index in [2.05, 4.69) is 9.88 Å². The molecule has 0 unspecified atom stereocenters. The molecule has 0 radical (unpaired) electrons. The maximum Gasteiger partial charge on any atom is 0.490 e. The van der Waals surface area contributed by atoms with Crippen LogP contribution in [0.1, 0.15) is 26.7 Å². The number of carbonyl (C=O) groups is 2. The quantitative estimate of drug-likeness (QED) is 0.712. The van der Waals surface area contributed by atoms with Crippen LogP contribution in [0.15, 0.2) is 36.5 Å². The van der Waals surface area contributed by atoms with Crippen molar-refractivity contribution in [2.75, 3.05) is 18.0 Å². The average Bonchev–Trinajstić information content (AvgIpc) is 2.73. The Bertz CT molecular complexity index is 929. The first kappa shape index (κ1) is 24.9. The number of carboxylic acids is 1. The van der Waals surface area contributed by atoms with Crippen molar-refractivity contribution in [3.8, 4) is 17.0 Å². The highest BCUT2D eigenvalue weighted by molar-refractivity contribution is 5.77. The predicted molar refractivity (Wildman–Crippen MR) is 111 cm³/mol. The normalized spacial score (nSPS) is 14.5. The molecule has 1 aromatic heterocycles. The summed E-state index contributed by atoms with van der Waals surface area (Å²) in [5, 5.41) is 7.12. The van der Waals surface area contributed by atoms with Gasteiger partial charge in [0.15, 0.2) is 0 Å². The minimum Gasteiger partial charge on any atom is -0.491 e. The van der Waals surface area contributed by atoms with E-state index in [0.717, 1.165) is 42.9 Å². The molecule has 32 heavy (non-hydrogen) atoms. The first-order valence-electron chi connectivity index (χ1n) is 9.92. The van der Waals surface area contributed by atoms with E-state index in [1.54, 1.807) is 6.20 Å². The summed E-state index contributed by atoms with van der Waals surface area (Å²) in [5.41, 5.74) is 7.25. The number of aromatic nitrogens is 2. The van der Waals surface area contributed by atoms with Crippen LogP contribution in [0.2, 0.25) is 0 Å². The van der Waals surface area contributed by atoms with Crippen molar-refractivity contribution in [3.63, 3.8) is 0 Å². The topological polar surface area (TPSA) is 119 Å². The molecule has 1 fully saturated rings. The summed E-state index contributed by atoms with van der Waals surface area (Å²) in [6, 6.07) is 9.81. The van der Waals surface area contributed by atoms with E-state index < -0.39 is 12.1 Å². The first-order chi connectivity index (χ1) is 15.0. The largest absolute Gasteiger partial charge is 0.491 e. The van der Waals surface area contributed by atoms with Crippen molar-refractivity contribution in [2.45, 2.75) is 39.0 Å². The maximum atomic E-state index is 11.3. The molecule has 1 aliphatic heterocycles. The summed E-state index contributed by atoms with van der Waals surface area (Å²) < 4.78 is 37.5. The zero-order chi connectivity index (χ0) is 23.9. The highest BCUT2D eigenvalue weighted by Gasteiger charge is 2.38. The lowest BCUT2D eigenvalue weighted by atomic mass is 9.96. The van der Waals surface area contributed by atoms with Crippen molar-refractivity contribution >= 4 is 17.8 Å². The van der Waals surface area contributed by atoms with E-state index in [4.69, 9.17) is 25.4 Å². The number of alkyl halides is 3. The summed E-state index contributed by atoms with van der Waals surface area (Å²) >= 11 is 0. The molecule has 1 amide bonds. The number of aliphatic carboxylic acids is 1. The highest BCUT2D eigenvalue weighted by Crippen LogP contribution is 2.26. The molecule has 3 N–H and O–H groups in total. The molecule has 11 heteroatoms. The van der Waals surface area contributed by atoms with Crippen molar-refractivity contribution < 1.29 is 32.6 Å². The zero-order valence-electron chi connectivity index (χ0n) is 17.7. The fourth-order valence-corrected chi connectivity index (χ4v) is 3.03. The molecular weight excluding hydrogens is 429 g/mol. The standard InChI is InChI=1S/C19H24N4O2.C2HF3O2/c1-13(2)25-16-5-3-4-15(12-16)17-6-9-21-19(22-17)23-10-7-14(8-11-23)18(20)24;3-2(4,5)1(6)7/h3-6,9,12-14H,7-8,10-11H2,1-2H3,(H2,20,24);(H,6,7). The smallest absolute Gasteiger partial charge is 0.490 e. The molecule has 3 rings (SSSR count). The Kier molecular flexibility index (Phi) is 8.39. The summed E-state index contributed by atoms with van der Waals surface area (Å²) in [7, 11) is 0. The maximum absolute atomic E-state index is 11.3. The number of rotatable bonds is 5. The second-order valence-electron chi connectivity index (χ2n) is 7.40. The third-order valence-electron chi connectivity index (χ3n) is 4.57. The van der Waals surface area contributed by atoms with Gasteiger partial charge in [0.25, 0.3) is 0 Å². The average molecular weight is 454 g/mol. The van der Waals surface area contributed by atoms with Gasteiger partial charge in [0.1, 0.15) is 5.75 Å². The summed E-state index contributed by atoms with van der Waals surface area (Å²) in [5.74, 6) is -1.49. The van der Waals surface area contributed by atoms with E-state index in [9.17, 15) is 18.0 Å². The molecule has 2 aromatic rings. The Labute approximate surface area is 183 Å². The van der Waals surface area contributed by atoms with Crippen LogP contribution in [0.3, 0.4) is 0 Å². The lowest BCUT2D eigenvalue weighted by Crippen LogP contribution is -2.39. The fourth-order valence-electron chi connectivity index (χ4n) is 3.03. The molecule has 0 spiro atoms. The lowest BCUT2D eigenvalue weighted by molar-refractivity contribution is -0.192. The number of carbonyl (C=O) groups excluding carboxylic acids is 1. The molecule has 174 valence electrons. The molecule has 1 saturated heterocycles. The number of carboxylic acid groups (broad SMARTS) is 1. The molecule has 0 bridgehead atoms. The number of hydrogen-bond donors (Lipinski definition) is 2. The van der Waals surface area contributed by atoms with Gasteiger partial charge >= 0.3 is 12.1 Å². The molecule has 1 aliphatic rings. The second kappa shape index (κ2) is 10.8. The van der Waals surface area contributed by atoms with Crippen molar-refractivity contribution in [1.29, 1.82) is 0 Å². The Morgan fingerprint density at radius 3 is 2.38 bits per heavy atom. The van der Waals surface area contributed by atoms with Gasteiger partial charge in [-0.15, -0.1) is 0 Å². The fraction of sp³-hybridized carbons (Fsp3) is 0.429. The van der Waals surface area contributed by atoms with Gasteiger partial charge in [-0.25, -0.2) is 14.8 Å². The van der Waals surface area contributed by atoms with E-state index in [1.165, 1.54) is 0 Å². The van der Waals surface area contributed by atoms with E-state index >= 15 is 0 Å². The minimum absolute atomic E-state index is 0.0377. The summed E-state index contributed by atoms with van der Waals surface area (Å²) in [4.78, 5) is 31.4. The Morgan fingerprint density at radius 1 is 1.22 bits per heavy atom. The number of ether oxygens (including phenoxy) is 1. The number of anilines is 1. The number of hydrogen-bond acceptors (Lipinski definition) is 6. The number of nitrogens with two attached hydrogens (primary N) is 1. The van der Waals surface area contributed by atoms with Crippen LogP contribution in [0.4, 0.5) is 19.1 Å². The van der Waals surface area contributed by atoms with Crippen LogP contribution in [-0.4, -0.2) is 52.3 Å². The predicted octanol–water partition coefficient (Wildman–Crippen LogP) is 3.27. The van der Waals surface area contributed by atoms with Crippen molar-refractivity contribution in [3.05, 3.63) is 36.5 Å². The van der Waals surface area contributed by atoms with Gasteiger partial charge < -0.3 is 20.5 Å². The van der Waals surface area contributed by atoms with Crippen LogP contribution in [-0.2, 0) is 9.59 Å². The lowest BCUT2D eigenvalue weighted by Gasteiger charge is -2.30. The number of amides is 1. The van der Waals surface area contributed by atoms with Crippen LogP contribution in [0.25, 0.3) is 11.3 Å². The van der Waals surface area contributed by atoms with Crippen LogP contribution < -0.4 is 15.4 Å². The van der Waals surface area contributed by atoms with E-state index in [1.807, 2.05) is 44.2 Å². The molecule has 8 nitrogen and oxygen atoms in total. The van der Waals surface area contributed by atoms with Crippen LogP contribution in [0.5, 0.6) is 5.75 Å². The Morgan fingerprint density at radius 2 is 1.84 bits per heavy atom. The van der Waals surface area contributed by atoms with Crippen molar-refractivity contribution in [1.82, 2.24) is 9.97 Å². The highest BCUT2D eigenvalue weighted by atomic mass is 19.4. The molecule has 0 aliphatic carbocycles. The van der Waals surface area contributed by atoms with Gasteiger partial charge in [-0.05, 0) is 44.9 Å². The SMILES string of the molecule is CC(C)Oc1cccc(-c2ccnc(N3CCC(C(N)=O)CC3)n2)c1.O=C(O)C(F)(F)F. The molecular formula is C21H25F3N4O4. The monoisotopic (exact) mass is 454 g/mol. The summed E-state index contributed by atoms with van der Waals surface area (Å²) in [6.45, 7) is 5.50. The minimum atomic E-state index is -5.08. The summed E-state index contributed by atoms with van der Waals surface area (Å²) in [6.07, 6.45) is -1.68. The van der Waals surface area contributed by atoms with Crippen molar-refractivity contribution in [2.24, 2.45) is 11.7 Å². The zero-order valence-corrected chi connectivity index (χ0v) is 17.7. The van der Waals surface area contributed by atoms with Crippen LogP contribution in [0, 0.1) is 5.92 Å². The Hall–Kier alpha value is -3.37. The third kappa shape index (κ3) is 7.40. The van der Waals surface area contributed by atoms with Gasteiger partial charge in [-0.2, -0.15) is 13.2 Å². The number of nitrogens with zero attached hydrogens (tertiary/aromatic N) is 3. The van der Waals surface area contributed by atoms with Gasteiger partial charge in [0.05, 0.1) is 11.8 Å². The third-order valence-corrected chi connectivity index (χ3v) is 4.57. The van der Waals surface area contributed by atoms with Gasteiger partial charge in [0.2, 0.25) is 11.9 Å². The van der Waals surface area contributed by atoms with E-state index in [0.29, 0.717) is 5.95 Å². The number of piperidine rings is 1. The number of primary amides is 1. The Balaban J connectivity index is 0.000000451. The number of benzene rings is 1. The molecule has 0 atom stereocenters.